The highest BCUT2D eigenvalue weighted by Crippen LogP contribution is 2.40. The summed E-state index contributed by atoms with van der Waals surface area (Å²) >= 11 is 0. The van der Waals surface area contributed by atoms with Crippen LogP contribution in [0.5, 0.6) is 0 Å². The lowest BCUT2D eigenvalue weighted by molar-refractivity contribution is -0.120. The van der Waals surface area contributed by atoms with E-state index in [1.807, 2.05) is 65.6 Å². The maximum absolute atomic E-state index is 13.4. The second-order valence-corrected chi connectivity index (χ2v) is 9.45. The van der Waals surface area contributed by atoms with Crippen LogP contribution in [0.1, 0.15) is 42.5 Å². The number of rotatable bonds is 5. The normalized spacial score (nSPS) is 20.8. The molecule has 7 nitrogen and oxygen atoms in total. The molecule has 3 aromatic rings. The van der Waals surface area contributed by atoms with Crippen molar-refractivity contribution < 1.29 is 14.4 Å². The van der Waals surface area contributed by atoms with Crippen molar-refractivity contribution in [2.24, 2.45) is 5.92 Å². The number of fused-ring (bicyclic) bond motifs is 1. The highest BCUT2D eigenvalue weighted by atomic mass is 16.2. The lowest BCUT2D eigenvalue weighted by Gasteiger charge is -2.33. The van der Waals surface area contributed by atoms with Gasteiger partial charge in [-0.2, -0.15) is 0 Å². The van der Waals surface area contributed by atoms with Crippen molar-refractivity contribution in [2.45, 2.75) is 44.2 Å². The van der Waals surface area contributed by atoms with Crippen molar-refractivity contribution in [1.82, 2.24) is 4.90 Å². The summed E-state index contributed by atoms with van der Waals surface area (Å²) in [6.07, 6.45) is 4.92. The van der Waals surface area contributed by atoms with Crippen LogP contribution in [-0.2, 0) is 4.79 Å². The van der Waals surface area contributed by atoms with E-state index in [1.54, 1.807) is 24.3 Å². The molecule has 1 saturated heterocycles. The predicted molar refractivity (Wildman–Crippen MR) is 141 cm³/mol. The SMILES string of the molecule is O=C(Nc1ccccc1)Nc1ccc(NC(=O)C2CC3CCCCC3N2C(=O)c2ccccc2)cc1. The summed E-state index contributed by atoms with van der Waals surface area (Å²) in [5, 5.41) is 8.54. The Morgan fingerprint density at radius 3 is 1.89 bits per heavy atom. The molecule has 0 radical (unpaired) electrons. The Kier molecular flexibility index (Phi) is 6.98. The molecule has 2 aliphatic rings. The van der Waals surface area contributed by atoms with Gasteiger partial charge < -0.3 is 20.9 Å². The second-order valence-electron chi connectivity index (χ2n) is 9.45. The number of carbonyl (C=O) groups is 3. The van der Waals surface area contributed by atoms with Crippen molar-refractivity contribution in [3.63, 3.8) is 0 Å². The molecule has 1 aliphatic heterocycles. The zero-order chi connectivity index (χ0) is 24.9. The average Bonchev–Trinajstić information content (AvgIpc) is 3.30. The average molecular weight is 483 g/mol. The highest BCUT2D eigenvalue weighted by molar-refractivity contribution is 6.02. The van der Waals surface area contributed by atoms with Gasteiger partial charge in [-0.3, -0.25) is 9.59 Å². The van der Waals surface area contributed by atoms with E-state index in [1.165, 1.54) is 0 Å². The third-order valence-electron chi connectivity index (χ3n) is 7.09. The van der Waals surface area contributed by atoms with Crippen molar-refractivity contribution in [3.8, 4) is 0 Å². The van der Waals surface area contributed by atoms with E-state index in [0.29, 0.717) is 35.0 Å². The van der Waals surface area contributed by atoms with E-state index in [2.05, 4.69) is 16.0 Å². The molecule has 0 bridgehead atoms. The number of hydrogen-bond acceptors (Lipinski definition) is 3. The Labute approximate surface area is 210 Å². The van der Waals surface area contributed by atoms with E-state index in [-0.39, 0.29) is 23.9 Å². The summed E-state index contributed by atoms with van der Waals surface area (Å²) in [4.78, 5) is 40.9. The quantitative estimate of drug-likeness (QED) is 0.433. The van der Waals surface area contributed by atoms with Crippen molar-refractivity contribution in [1.29, 1.82) is 0 Å². The van der Waals surface area contributed by atoms with Gasteiger partial charge in [-0.05, 0) is 73.7 Å². The molecule has 0 spiro atoms. The number of nitrogens with zero attached hydrogens (tertiary/aromatic N) is 1. The van der Waals surface area contributed by atoms with Crippen LogP contribution in [0.15, 0.2) is 84.9 Å². The first kappa shape index (κ1) is 23.6. The molecule has 3 atom stereocenters. The Hall–Kier alpha value is -4.13. The molecule has 1 saturated carbocycles. The van der Waals surface area contributed by atoms with Gasteiger partial charge in [0.25, 0.3) is 5.91 Å². The molecule has 3 aromatic carbocycles. The van der Waals surface area contributed by atoms with Crippen LogP contribution >= 0.6 is 0 Å². The van der Waals surface area contributed by atoms with Crippen LogP contribution in [0.4, 0.5) is 21.9 Å². The van der Waals surface area contributed by atoms with Gasteiger partial charge in [-0.1, -0.05) is 49.2 Å². The monoisotopic (exact) mass is 482 g/mol. The topological polar surface area (TPSA) is 90.5 Å². The minimum Gasteiger partial charge on any atom is -0.324 e. The molecule has 4 amide bonds. The Morgan fingerprint density at radius 1 is 0.667 bits per heavy atom. The molecule has 0 aromatic heterocycles. The fourth-order valence-electron chi connectivity index (χ4n) is 5.39. The molecule has 3 N–H and O–H groups in total. The predicted octanol–water partition coefficient (Wildman–Crippen LogP) is 5.74. The van der Waals surface area contributed by atoms with E-state index in [4.69, 9.17) is 0 Å². The summed E-state index contributed by atoms with van der Waals surface area (Å²) in [6.45, 7) is 0. The number of anilines is 3. The van der Waals surface area contributed by atoms with Crippen LogP contribution < -0.4 is 16.0 Å². The van der Waals surface area contributed by atoms with Crippen molar-refractivity contribution in [2.75, 3.05) is 16.0 Å². The molecule has 36 heavy (non-hydrogen) atoms. The summed E-state index contributed by atoms with van der Waals surface area (Å²) in [7, 11) is 0. The zero-order valence-corrected chi connectivity index (χ0v) is 20.0. The number of carbonyl (C=O) groups excluding carboxylic acids is 3. The molecule has 1 aliphatic carbocycles. The fourth-order valence-corrected chi connectivity index (χ4v) is 5.39. The molecule has 5 rings (SSSR count). The minimum absolute atomic E-state index is 0.0749. The number of nitrogens with one attached hydrogen (secondary N) is 3. The fraction of sp³-hybridized carbons (Fsp3) is 0.276. The highest BCUT2D eigenvalue weighted by Gasteiger charge is 2.47. The number of urea groups is 1. The third kappa shape index (κ3) is 5.25. The van der Waals surface area contributed by atoms with Gasteiger partial charge in [0.1, 0.15) is 6.04 Å². The Morgan fingerprint density at radius 2 is 1.22 bits per heavy atom. The van der Waals surface area contributed by atoms with Crippen LogP contribution in [0, 0.1) is 5.92 Å². The number of benzene rings is 3. The molecular weight excluding hydrogens is 452 g/mol. The van der Waals surface area contributed by atoms with E-state index in [9.17, 15) is 14.4 Å². The smallest absolute Gasteiger partial charge is 0.323 e. The zero-order valence-electron chi connectivity index (χ0n) is 20.0. The van der Waals surface area contributed by atoms with Gasteiger partial charge in [0.15, 0.2) is 0 Å². The maximum atomic E-state index is 13.4. The largest absolute Gasteiger partial charge is 0.324 e. The number of para-hydroxylation sites is 1. The van der Waals surface area contributed by atoms with Crippen LogP contribution in [0.25, 0.3) is 0 Å². The van der Waals surface area contributed by atoms with Gasteiger partial charge >= 0.3 is 6.03 Å². The van der Waals surface area contributed by atoms with Gasteiger partial charge in [0, 0.05) is 28.7 Å². The lowest BCUT2D eigenvalue weighted by Crippen LogP contribution is -2.47. The first-order valence-electron chi connectivity index (χ1n) is 12.5. The summed E-state index contributed by atoms with van der Waals surface area (Å²) in [6, 6.07) is 24.7. The molecule has 7 heteroatoms. The summed E-state index contributed by atoms with van der Waals surface area (Å²) in [5.41, 5.74) is 2.54. The van der Waals surface area contributed by atoms with Crippen LogP contribution in [-0.4, -0.2) is 34.8 Å². The standard InChI is InChI=1S/C29H30N4O3/c34-27(30-23-15-17-24(18-16-23)32-29(36)31-22-12-5-2-6-13-22)26-19-21-11-7-8-14-25(21)33(26)28(35)20-9-3-1-4-10-20/h1-6,9-10,12-13,15-18,21,25-26H,7-8,11,14,19H2,(H,30,34)(H2,31,32,36). The minimum atomic E-state index is -0.500. The van der Waals surface area contributed by atoms with Gasteiger partial charge in [-0.25, -0.2) is 4.79 Å². The van der Waals surface area contributed by atoms with Crippen LogP contribution in [0.2, 0.25) is 0 Å². The van der Waals surface area contributed by atoms with E-state index < -0.39 is 6.04 Å². The Bertz CT molecular complexity index is 1210. The van der Waals surface area contributed by atoms with Crippen LogP contribution in [0.3, 0.4) is 0 Å². The molecular formula is C29H30N4O3. The lowest BCUT2D eigenvalue weighted by atomic mass is 9.84. The van der Waals surface area contributed by atoms with Crippen molar-refractivity contribution in [3.05, 3.63) is 90.5 Å². The number of amides is 4. The first-order valence-corrected chi connectivity index (χ1v) is 12.5. The van der Waals surface area contributed by atoms with Gasteiger partial charge in [0.05, 0.1) is 0 Å². The first-order chi connectivity index (χ1) is 17.6. The van der Waals surface area contributed by atoms with Crippen molar-refractivity contribution >= 4 is 34.9 Å². The summed E-state index contributed by atoms with van der Waals surface area (Å²) < 4.78 is 0. The Balaban J connectivity index is 1.25. The summed E-state index contributed by atoms with van der Waals surface area (Å²) in [5.74, 6) is 0.113. The van der Waals surface area contributed by atoms with E-state index in [0.717, 1.165) is 25.7 Å². The van der Waals surface area contributed by atoms with Gasteiger partial charge in [-0.15, -0.1) is 0 Å². The molecule has 1 heterocycles. The second kappa shape index (κ2) is 10.6. The molecule has 184 valence electrons. The maximum Gasteiger partial charge on any atom is 0.323 e. The number of likely N-dealkylation sites (tertiary alicyclic amines) is 1. The molecule has 2 fully saturated rings. The number of hydrogen-bond donors (Lipinski definition) is 3. The van der Waals surface area contributed by atoms with E-state index >= 15 is 0 Å². The van der Waals surface area contributed by atoms with Gasteiger partial charge in [0.2, 0.25) is 5.91 Å². The molecule has 3 unspecified atom stereocenters. The third-order valence-corrected chi connectivity index (χ3v) is 7.09.